The number of hydrogen-bond donors (Lipinski definition) is 1. The fourth-order valence-electron chi connectivity index (χ4n) is 1.86. The van der Waals surface area contributed by atoms with Crippen LogP contribution in [0.1, 0.15) is 24.3 Å². The molecule has 0 bridgehead atoms. The summed E-state index contributed by atoms with van der Waals surface area (Å²) < 4.78 is 9.96. The minimum Gasteiger partial charge on any atom is -0.504 e. The molecule has 0 saturated carbocycles. The van der Waals surface area contributed by atoms with Crippen LogP contribution in [-0.4, -0.2) is 24.8 Å². The molecule has 0 amide bonds. The highest BCUT2D eigenvalue weighted by atomic mass is 16.5. The fourth-order valence-corrected chi connectivity index (χ4v) is 1.86. The van der Waals surface area contributed by atoms with E-state index in [2.05, 4.69) is 0 Å². The molecule has 1 aromatic carbocycles. The van der Waals surface area contributed by atoms with Crippen molar-refractivity contribution in [3.8, 4) is 11.5 Å². The number of benzene rings is 1. The molecule has 1 aliphatic rings. The summed E-state index contributed by atoms with van der Waals surface area (Å²) in [4.78, 5) is 10.9. The van der Waals surface area contributed by atoms with E-state index in [1.807, 2.05) is 6.07 Å². The third kappa shape index (κ3) is 2.10. The van der Waals surface area contributed by atoms with Crippen molar-refractivity contribution in [1.29, 1.82) is 0 Å². The quantitative estimate of drug-likeness (QED) is 0.775. The number of methoxy groups -OCH3 is 1. The maximum absolute atomic E-state index is 10.9. The molecule has 16 heavy (non-hydrogen) atoms. The van der Waals surface area contributed by atoms with E-state index in [4.69, 9.17) is 9.47 Å². The van der Waals surface area contributed by atoms with Gasteiger partial charge in [0.25, 0.3) is 0 Å². The van der Waals surface area contributed by atoms with Crippen molar-refractivity contribution in [2.75, 3.05) is 13.7 Å². The fraction of sp³-hybridized carbons (Fsp3) is 0.417. The van der Waals surface area contributed by atoms with Crippen LogP contribution in [-0.2, 0) is 9.53 Å². The third-order valence-electron chi connectivity index (χ3n) is 2.82. The molecule has 0 unspecified atom stereocenters. The van der Waals surface area contributed by atoms with Crippen molar-refractivity contribution in [3.63, 3.8) is 0 Å². The number of cyclic esters (lactones) is 1. The van der Waals surface area contributed by atoms with Gasteiger partial charge in [-0.15, -0.1) is 0 Å². The summed E-state index contributed by atoms with van der Waals surface area (Å²) in [6.07, 6.45) is 1.21. The molecule has 1 heterocycles. The molecule has 4 nitrogen and oxygen atoms in total. The van der Waals surface area contributed by atoms with Crippen molar-refractivity contribution in [1.82, 2.24) is 0 Å². The van der Waals surface area contributed by atoms with Crippen molar-refractivity contribution >= 4 is 5.97 Å². The van der Waals surface area contributed by atoms with Crippen LogP contribution in [0, 0.1) is 0 Å². The van der Waals surface area contributed by atoms with Crippen molar-refractivity contribution in [2.24, 2.45) is 0 Å². The lowest BCUT2D eigenvalue weighted by atomic mass is 9.93. The molecule has 1 atom stereocenters. The number of phenols is 1. The highest BCUT2D eigenvalue weighted by molar-refractivity contribution is 5.70. The van der Waals surface area contributed by atoms with Crippen LogP contribution < -0.4 is 4.74 Å². The second-order valence-electron chi connectivity index (χ2n) is 3.85. The standard InChI is InChI=1S/C12H14O4/c1-15-11-4-2-8(6-10(11)13)9-3-5-12(14)16-7-9/h2,4,6,9,13H,3,5,7H2,1H3/t9-/m1/s1. The minimum absolute atomic E-state index is 0.122. The molecule has 86 valence electrons. The first-order chi connectivity index (χ1) is 7.70. The van der Waals surface area contributed by atoms with Crippen LogP contribution in [0.5, 0.6) is 11.5 Å². The summed E-state index contributed by atoms with van der Waals surface area (Å²) in [7, 11) is 1.51. The number of esters is 1. The SMILES string of the molecule is COc1ccc([C@@H]2CCC(=O)OC2)cc1O. The Bertz CT molecular complexity index is 390. The van der Waals surface area contributed by atoms with Crippen molar-refractivity contribution < 1.29 is 19.4 Å². The number of carbonyl (C=O) groups excluding carboxylic acids is 1. The maximum atomic E-state index is 10.9. The van der Waals surface area contributed by atoms with E-state index in [-0.39, 0.29) is 17.6 Å². The first-order valence-corrected chi connectivity index (χ1v) is 5.23. The molecule has 1 aromatic rings. The zero-order valence-corrected chi connectivity index (χ0v) is 9.10. The van der Waals surface area contributed by atoms with Crippen LogP contribution in [0.3, 0.4) is 0 Å². The molecule has 0 aromatic heterocycles. The Morgan fingerprint density at radius 1 is 1.50 bits per heavy atom. The number of carbonyl (C=O) groups is 1. The molecule has 0 aliphatic carbocycles. The molecular weight excluding hydrogens is 208 g/mol. The Morgan fingerprint density at radius 3 is 2.88 bits per heavy atom. The van der Waals surface area contributed by atoms with Gasteiger partial charge < -0.3 is 14.6 Å². The van der Waals surface area contributed by atoms with Gasteiger partial charge in [-0.3, -0.25) is 4.79 Å². The van der Waals surface area contributed by atoms with Crippen LogP contribution >= 0.6 is 0 Å². The lowest BCUT2D eigenvalue weighted by molar-refractivity contribution is -0.147. The molecule has 1 aliphatic heterocycles. The van der Waals surface area contributed by atoms with Gasteiger partial charge in [0.05, 0.1) is 13.7 Å². The largest absolute Gasteiger partial charge is 0.504 e. The first kappa shape index (κ1) is 10.8. The van der Waals surface area contributed by atoms with E-state index in [9.17, 15) is 9.90 Å². The van der Waals surface area contributed by atoms with E-state index in [1.165, 1.54) is 7.11 Å². The predicted octanol–water partition coefficient (Wildman–Crippen LogP) is 1.82. The van der Waals surface area contributed by atoms with E-state index in [1.54, 1.807) is 12.1 Å². The van der Waals surface area contributed by atoms with Gasteiger partial charge in [-0.25, -0.2) is 0 Å². The summed E-state index contributed by atoms with van der Waals surface area (Å²) in [6.45, 7) is 0.393. The molecule has 0 radical (unpaired) electrons. The zero-order chi connectivity index (χ0) is 11.5. The maximum Gasteiger partial charge on any atom is 0.305 e. The summed E-state index contributed by atoms with van der Waals surface area (Å²) in [6, 6.07) is 5.28. The Morgan fingerprint density at radius 2 is 2.31 bits per heavy atom. The van der Waals surface area contributed by atoms with Crippen molar-refractivity contribution in [3.05, 3.63) is 23.8 Å². The molecule has 4 heteroatoms. The van der Waals surface area contributed by atoms with Crippen LogP contribution in [0.4, 0.5) is 0 Å². The Labute approximate surface area is 93.8 Å². The highest BCUT2D eigenvalue weighted by Gasteiger charge is 2.22. The summed E-state index contributed by atoms with van der Waals surface area (Å²) in [5.74, 6) is 0.608. The molecule has 1 N–H and O–H groups in total. The van der Waals surface area contributed by atoms with Gasteiger partial charge in [-0.1, -0.05) is 6.07 Å². The Kier molecular flexibility index (Phi) is 2.99. The first-order valence-electron chi connectivity index (χ1n) is 5.23. The number of ether oxygens (including phenoxy) is 2. The van der Waals surface area contributed by atoms with E-state index >= 15 is 0 Å². The smallest absolute Gasteiger partial charge is 0.305 e. The second-order valence-corrected chi connectivity index (χ2v) is 3.85. The average molecular weight is 222 g/mol. The van der Waals surface area contributed by atoms with E-state index in [0.717, 1.165) is 12.0 Å². The molecule has 1 saturated heterocycles. The van der Waals surface area contributed by atoms with Crippen LogP contribution in [0.2, 0.25) is 0 Å². The average Bonchev–Trinajstić information content (AvgIpc) is 2.30. The van der Waals surface area contributed by atoms with Gasteiger partial charge in [0, 0.05) is 12.3 Å². The van der Waals surface area contributed by atoms with Crippen LogP contribution in [0.25, 0.3) is 0 Å². The minimum atomic E-state index is -0.144. The van der Waals surface area contributed by atoms with Gasteiger partial charge >= 0.3 is 5.97 Å². The summed E-state index contributed by atoms with van der Waals surface area (Å²) >= 11 is 0. The molecule has 1 fully saturated rings. The van der Waals surface area contributed by atoms with E-state index in [0.29, 0.717) is 18.8 Å². The monoisotopic (exact) mass is 222 g/mol. The second kappa shape index (κ2) is 4.43. The zero-order valence-electron chi connectivity index (χ0n) is 9.10. The number of hydrogen-bond acceptors (Lipinski definition) is 4. The highest BCUT2D eigenvalue weighted by Crippen LogP contribution is 2.32. The van der Waals surface area contributed by atoms with E-state index < -0.39 is 0 Å². The normalized spacial score (nSPS) is 20.3. The topological polar surface area (TPSA) is 55.8 Å². The number of rotatable bonds is 2. The Balaban J connectivity index is 2.15. The van der Waals surface area contributed by atoms with Gasteiger partial charge in [0.1, 0.15) is 0 Å². The lowest BCUT2D eigenvalue weighted by Crippen LogP contribution is -2.20. The predicted molar refractivity (Wildman–Crippen MR) is 57.6 cm³/mol. The summed E-state index contributed by atoms with van der Waals surface area (Å²) in [5.41, 5.74) is 0.978. The van der Waals surface area contributed by atoms with Gasteiger partial charge in [-0.05, 0) is 24.1 Å². The number of phenolic OH excluding ortho intramolecular Hbond substituents is 1. The van der Waals surface area contributed by atoms with Gasteiger partial charge in [0.2, 0.25) is 0 Å². The van der Waals surface area contributed by atoms with Crippen molar-refractivity contribution in [2.45, 2.75) is 18.8 Å². The molecule has 2 rings (SSSR count). The Hall–Kier alpha value is -1.71. The number of aromatic hydroxyl groups is 1. The molecular formula is C12H14O4. The van der Waals surface area contributed by atoms with Crippen LogP contribution in [0.15, 0.2) is 18.2 Å². The lowest BCUT2D eigenvalue weighted by Gasteiger charge is -2.22. The third-order valence-corrected chi connectivity index (χ3v) is 2.82. The summed E-state index contributed by atoms with van der Waals surface area (Å²) in [5, 5.41) is 9.64. The van der Waals surface area contributed by atoms with Gasteiger partial charge in [-0.2, -0.15) is 0 Å². The van der Waals surface area contributed by atoms with Gasteiger partial charge in [0.15, 0.2) is 11.5 Å². The molecule has 0 spiro atoms.